The Kier molecular flexibility index (Phi) is 13.4. The molecule has 0 heterocycles. The third-order valence-electron chi connectivity index (χ3n) is 3.97. The Labute approximate surface area is 142 Å². The molecule has 0 radical (unpaired) electrons. The fourth-order valence-electron chi connectivity index (χ4n) is 2.59. The standard InChI is InChI=1S/C21H34S/c1-2-3-4-5-6-7-8-9-10-14-19-22-20-15-18-21-16-12-11-13-17-21/h11-13,15-18H,2-10,14,19-20H2,1H3/b18-15-. The number of hydrogen-bond acceptors (Lipinski definition) is 1. The van der Waals surface area contributed by atoms with Crippen molar-refractivity contribution in [2.75, 3.05) is 11.5 Å². The van der Waals surface area contributed by atoms with E-state index < -0.39 is 0 Å². The van der Waals surface area contributed by atoms with Gasteiger partial charge >= 0.3 is 0 Å². The zero-order valence-corrected chi connectivity index (χ0v) is 15.3. The van der Waals surface area contributed by atoms with Crippen LogP contribution >= 0.6 is 11.8 Å². The number of unbranched alkanes of at least 4 members (excludes halogenated alkanes) is 9. The highest BCUT2D eigenvalue weighted by molar-refractivity contribution is 7.99. The molecule has 0 atom stereocenters. The Morgan fingerprint density at radius 2 is 1.36 bits per heavy atom. The van der Waals surface area contributed by atoms with Gasteiger partial charge in [-0.15, -0.1) is 0 Å². The largest absolute Gasteiger partial charge is 0.158 e. The predicted molar refractivity (Wildman–Crippen MR) is 105 cm³/mol. The Morgan fingerprint density at radius 1 is 0.773 bits per heavy atom. The molecule has 0 nitrogen and oxygen atoms in total. The van der Waals surface area contributed by atoms with E-state index in [4.69, 9.17) is 0 Å². The van der Waals surface area contributed by atoms with Crippen LogP contribution in [0, 0.1) is 0 Å². The van der Waals surface area contributed by atoms with E-state index in [1.807, 2.05) is 0 Å². The first-order chi connectivity index (χ1) is 10.9. The molecule has 1 heteroatoms. The van der Waals surface area contributed by atoms with Crippen molar-refractivity contribution in [2.24, 2.45) is 0 Å². The number of hydrogen-bond donors (Lipinski definition) is 0. The summed E-state index contributed by atoms with van der Waals surface area (Å²) in [7, 11) is 0. The molecule has 1 aromatic rings. The molecule has 124 valence electrons. The van der Waals surface area contributed by atoms with E-state index in [1.54, 1.807) is 0 Å². The third kappa shape index (κ3) is 11.9. The molecule has 22 heavy (non-hydrogen) atoms. The Morgan fingerprint density at radius 3 is 2.00 bits per heavy atom. The lowest BCUT2D eigenvalue weighted by Gasteiger charge is -2.02. The van der Waals surface area contributed by atoms with E-state index >= 15 is 0 Å². The monoisotopic (exact) mass is 318 g/mol. The van der Waals surface area contributed by atoms with E-state index in [-0.39, 0.29) is 0 Å². The van der Waals surface area contributed by atoms with Crippen LogP contribution in [0.5, 0.6) is 0 Å². The van der Waals surface area contributed by atoms with Crippen LogP contribution in [0.1, 0.15) is 76.7 Å². The fraction of sp³-hybridized carbons (Fsp3) is 0.619. The Hall–Kier alpha value is -0.690. The zero-order chi connectivity index (χ0) is 15.7. The van der Waals surface area contributed by atoms with Gasteiger partial charge in [-0.25, -0.2) is 0 Å². The normalized spacial score (nSPS) is 11.3. The number of benzene rings is 1. The van der Waals surface area contributed by atoms with Crippen molar-refractivity contribution in [1.29, 1.82) is 0 Å². The molecule has 1 aromatic carbocycles. The summed E-state index contributed by atoms with van der Waals surface area (Å²) < 4.78 is 0. The Bertz CT molecular complexity index is 355. The highest BCUT2D eigenvalue weighted by Crippen LogP contribution is 2.12. The molecule has 0 aromatic heterocycles. The number of rotatable bonds is 14. The number of thioether (sulfide) groups is 1. The van der Waals surface area contributed by atoms with Crippen molar-refractivity contribution >= 4 is 17.8 Å². The molecule has 0 saturated heterocycles. The van der Waals surface area contributed by atoms with Crippen molar-refractivity contribution < 1.29 is 0 Å². The van der Waals surface area contributed by atoms with Gasteiger partial charge in [-0.1, -0.05) is 107 Å². The minimum Gasteiger partial charge on any atom is -0.158 e. The van der Waals surface area contributed by atoms with Crippen LogP contribution in [0.25, 0.3) is 6.08 Å². The van der Waals surface area contributed by atoms with Crippen LogP contribution in [0.2, 0.25) is 0 Å². The highest BCUT2D eigenvalue weighted by atomic mass is 32.2. The summed E-state index contributed by atoms with van der Waals surface area (Å²) in [6, 6.07) is 10.6. The van der Waals surface area contributed by atoms with Crippen molar-refractivity contribution in [2.45, 2.75) is 71.1 Å². The quantitative estimate of drug-likeness (QED) is 0.323. The molecular weight excluding hydrogens is 284 g/mol. The van der Waals surface area contributed by atoms with Crippen LogP contribution in [0.3, 0.4) is 0 Å². The van der Waals surface area contributed by atoms with Gasteiger partial charge in [0.1, 0.15) is 0 Å². The summed E-state index contributed by atoms with van der Waals surface area (Å²) in [5, 5.41) is 0. The van der Waals surface area contributed by atoms with E-state index in [0.717, 1.165) is 5.75 Å². The van der Waals surface area contributed by atoms with Crippen molar-refractivity contribution in [3.05, 3.63) is 42.0 Å². The van der Waals surface area contributed by atoms with Gasteiger partial charge in [0.25, 0.3) is 0 Å². The van der Waals surface area contributed by atoms with Gasteiger partial charge in [-0.2, -0.15) is 11.8 Å². The summed E-state index contributed by atoms with van der Waals surface area (Å²) in [5.74, 6) is 2.46. The molecule has 0 fully saturated rings. The van der Waals surface area contributed by atoms with Gasteiger partial charge in [0, 0.05) is 5.75 Å². The van der Waals surface area contributed by atoms with E-state index in [1.165, 1.54) is 75.5 Å². The highest BCUT2D eigenvalue weighted by Gasteiger charge is 1.93. The average molecular weight is 319 g/mol. The summed E-state index contributed by atoms with van der Waals surface area (Å²) in [5.41, 5.74) is 1.31. The maximum atomic E-state index is 2.29. The molecule has 0 aliphatic heterocycles. The summed E-state index contributed by atoms with van der Waals surface area (Å²) in [6.07, 6.45) is 18.8. The first-order valence-electron chi connectivity index (χ1n) is 9.23. The van der Waals surface area contributed by atoms with E-state index in [0.29, 0.717) is 0 Å². The van der Waals surface area contributed by atoms with Gasteiger partial charge in [-0.3, -0.25) is 0 Å². The SMILES string of the molecule is CCCCCCCCCCCCSC/C=C\c1ccccc1. The lowest BCUT2D eigenvalue weighted by atomic mass is 10.1. The predicted octanol–water partition coefficient (Wildman–Crippen LogP) is 7.35. The van der Waals surface area contributed by atoms with Crippen molar-refractivity contribution in [1.82, 2.24) is 0 Å². The van der Waals surface area contributed by atoms with Gasteiger partial charge in [0.2, 0.25) is 0 Å². The van der Waals surface area contributed by atoms with Crippen molar-refractivity contribution in [3.8, 4) is 0 Å². The van der Waals surface area contributed by atoms with E-state index in [9.17, 15) is 0 Å². The second-order valence-electron chi connectivity index (χ2n) is 6.07. The molecule has 0 amide bonds. The molecule has 0 spiro atoms. The molecule has 0 aliphatic carbocycles. The van der Waals surface area contributed by atoms with Gasteiger partial charge < -0.3 is 0 Å². The summed E-state index contributed by atoms with van der Waals surface area (Å²) in [6.45, 7) is 2.29. The van der Waals surface area contributed by atoms with Crippen LogP contribution in [-0.2, 0) is 0 Å². The first kappa shape index (κ1) is 19.4. The lowest BCUT2D eigenvalue weighted by molar-refractivity contribution is 0.563. The van der Waals surface area contributed by atoms with Crippen LogP contribution < -0.4 is 0 Å². The zero-order valence-electron chi connectivity index (χ0n) is 14.4. The summed E-state index contributed by atoms with van der Waals surface area (Å²) in [4.78, 5) is 0. The minimum absolute atomic E-state index is 1.15. The maximum Gasteiger partial charge on any atom is 0.0116 e. The molecular formula is C21H34S. The summed E-state index contributed by atoms with van der Waals surface area (Å²) >= 11 is 2.06. The first-order valence-corrected chi connectivity index (χ1v) is 10.4. The van der Waals surface area contributed by atoms with E-state index in [2.05, 4.69) is 61.2 Å². The maximum absolute atomic E-state index is 2.29. The molecule has 1 rings (SSSR count). The minimum atomic E-state index is 1.15. The van der Waals surface area contributed by atoms with Crippen LogP contribution in [-0.4, -0.2) is 11.5 Å². The second-order valence-corrected chi connectivity index (χ2v) is 7.22. The van der Waals surface area contributed by atoms with Gasteiger partial charge in [0.05, 0.1) is 0 Å². The van der Waals surface area contributed by atoms with Crippen molar-refractivity contribution in [3.63, 3.8) is 0 Å². The van der Waals surface area contributed by atoms with Crippen LogP contribution in [0.15, 0.2) is 36.4 Å². The van der Waals surface area contributed by atoms with Gasteiger partial charge in [0.15, 0.2) is 0 Å². The molecule has 0 unspecified atom stereocenters. The van der Waals surface area contributed by atoms with Crippen LogP contribution in [0.4, 0.5) is 0 Å². The fourth-order valence-corrected chi connectivity index (χ4v) is 3.40. The topological polar surface area (TPSA) is 0 Å². The molecule has 0 bridgehead atoms. The molecule has 0 aliphatic rings. The second kappa shape index (κ2) is 15.2. The molecule has 0 N–H and O–H groups in total. The lowest BCUT2D eigenvalue weighted by Crippen LogP contribution is -1.84. The molecule has 0 saturated carbocycles. The average Bonchev–Trinajstić information content (AvgIpc) is 2.56. The van der Waals surface area contributed by atoms with Gasteiger partial charge in [-0.05, 0) is 17.7 Å². The third-order valence-corrected chi connectivity index (χ3v) is 4.97. The smallest absolute Gasteiger partial charge is 0.0116 e. The Balaban J connectivity index is 1.79.